The predicted octanol–water partition coefficient (Wildman–Crippen LogP) is 2.18. The van der Waals surface area contributed by atoms with Gasteiger partial charge in [-0.3, -0.25) is 0 Å². The van der Waals surface area contributed by atoms with Crippen LogP contribution in [0.4, 0.5) is 10.5 Å². The first-order valence-corrected chi connectivity index (χ1v) is 7.51. The molecular formula is C16H18N4O3. The minimum atomic E-state index is -0.399. The molecule has 1 aliphatic heterocycles. The molecule has 2 amide bonds. The normalized spacial score (nSPS) is 13.3. The Morgan fingerprint density at radius 2 is 2.30 bits per heavy atom. The number of rotatable bonds is 3. The van der Waals surface area contributed by atoms with Gasteiger partial charge >= 0.3 is 12.0 Å². The van der Waals surface area contributed by atoms with Gasteiger partial charge in [0, 0.05) is 18.7 Å². The van der Waals surface area contributed by atoms with E-state index in [0.29, 0.717) is 30.9 Å². The van der Waals surface area contributed by atoms with E-state index in [-0.39, 0.29) is 6.03 Å². The summed E-state index contributed by atoms with van der Waals surface area (Å²) < 4.78 is 4.96. The third-order valence-corrected chi connectivity index (χ3v) is 3.69. The number of urea groups is 1. The molecule has 7 nitrogen and oxygen atoms in total. The number of fused-ring (bicyclic) bond motifs is 1. The largest absolute Gasteiger partial charge is 0.462 e. The van der Waals surface area contributed by atoms with Crippen LogP contribution in [0.3, 0.4) is 0 Å². The number of hydrogen-bond donors (Lipinski definition) is 2. The van der Waals surface area contributed by atoms with Crippen molar-refractivity contribution >= 4 is 17.7 Å². The molecule has 2 aromatic rings. The zero-order chi connectivity index (χ0) is 16.2. The Morgan fingerprint density at radius 1 is 1.43 bits per heavy atom. The van der Waals surface area contributed by atoms with Gasteiger partial charge in [-0.25, -0.2) is 14.6 Å². The number of aromatic nitrogens is 2. The fourth-order valence-corrected chi connectivity index (χ4v) is 2.53. The summed E-state index contributed by atoms with van der Waals surface area (Å²) >= 11 is 0. The van der Waals surface area contributed by atoms with Gasteiger partial charge in [-0.2, -0.15) is 0 Å². The minimum absolute atomic E-state index is 0.203. The molecule has 0 atom stereocenters. The van der Waals surface area contributed by atoms with Crippen LogP contribution < -0.4 is 5.32 Å². The standard InChI is InChI=1S/C16H18N4O3/c1-2-23-15(21)11-4-3-5-12(8-11)19-16(22)20-7-6-13-14(9-20)18-10-17-13/h3-5,8,10H,2,6-7,9H2,1H3,(H,17,18)(H,19,22). The molecule has 0 spiro atoms. The smallest absolute Gasteiger partial charge is 0.338 e. The highest BCUT2D eigenvalue weighted by Gasteiger charge is 2.22. The summed E-state index contributed by atoms with van der Waals surface area (Å²) in [7, 11) is 0. The Kier molecular flexibility index (Phi) is 4.27. The van der Waals surface area contributed by atoms with E-state index in [2.05, 4.69) is 15.3 Å². The van der Waals surface area contributed by atoms with Crippen LogP contribution in [-0.4, -0.2) is 40.0 Å². The number of imidazole rings is 1. The van der Waals surface area contributed by atoms with Crippen LogP contribution >= 0.6 is 0 Å². The maximum Gasteiger partial charge on any atom is 0.338 e. The van der Waals surface area contributed by atoms with Crippen molar-refractivity contribution in [3.05, 3.63) is 47.5 Å². The highest BCUT2D eigenvalue weighted by atomic mass is 16.5. The van der Waals surface area contributed by atoms with Crippen molar-refractivity contribution in [3.63, 3.8) is 0 Å². The van der Waals surface area contributed by atoms with E-state index in [0.717, 1.165) is 17.8 Å². The second-order valence-electron chi connectivity index (χ2n) is 5.23. The third kappa shape index (κ3) is 3.33. The Morgan fingerprint density at radius 3 is 3.13 bits per heavy atom. The molecule has 0 radical (unpaired) electrons. The predicted molar refractivity (Wildman–Crippen MR) is 84.1 cm³/mol. The van der Waals surface area contributed by atoms with Crippen LogP contribution in [0.1, 0.15) is 28.7 Å². The zero-order valence-electron chi connectivity index (χ0n) is 12.8. The Bertz CT molecular complexity index is 726. The van der Waals surface area contributed by atoms with Crippen LogP contribution in [0.15, 0.2) is 30.6 Å². The number of aromatic amines is 1. The molecule has 23 heavy (non-hydrogen) atoms. The third-order valence-electron chi connectivity index (χ3n) is 3.69. The molecular weight excluding hydrogens is 296 g/mol. The monoisotopic (exact) mass is 314 g/mol. The zero-order valence-corrected chi connectivity index (χ0v) is 12.8. The number of hydrogen-bond acceptors (Lipinski definition) is 4. The highest BCUT2D eigenvalue weighted by Crippen LogP contribution is 2.17. The van der Waals surface area contributed by atoms with Gasteiger partial charge in [-0.1, -0.05) is 6.07 Å². The van der Waals surface area contributed by atoms with E-state index >= 15 is 0 Å². The lowest BCUT2D eigenvalue weighted by molar-refractivity contribution is 0.0526. The summed E-state index contributed by atoms with van der Waals surface area (Å²) in [5.41, 5.74) is 2.96. The van der Waals surface area contributed by atoms with E-state index in [9.17, 15) is 9.59 Å². The Balaban J connectivity index is 1.66. The van der Waals surface area contributed by atoms with Gasteiger partial charge < -0.3 is 19.9 Å². The molecule has 0 bridgehead atoms. The summed E-state index contributed by atoms with van der Waals surface area (Å²) in [5, 5.41) is 2.82. The number of esters is 1. The molecule has 0 aliphatic carbocycles. The first kappa shape index (κ1) is 15.1. The Labute approximate surface area is 133 Å². The number of carbonyl (C=O) groups excluding carboxylic acids is 2. The lowest BCUT2D eigenvalue weighted by atomic mass is 10.1. The van der Waals surface area contributed by atoms with E-state index in [1.54, 1.807) is 42.4 Å². The first-order chi connectivity index (χ1) is 11.2. The van der Waals surface area contributed by atoms with Gasteiger partial charge in [0.15, 0.2) is 0 Å². The first-order valence-electron chi connectivity index (χ1n) is 7.51. The van der Waals surface area contributed by atoms with Crippen molar-refractivity contribution in [2.45, 2.75) is 19.9 Å². The number of carbonyl (C=O) groups is 2. The highest BCUT2D eigenvalue weighted by molar-refractivity contribution is 5.94. The van der Waals surface area contributed by atoms with Crippen LogP contribution in [0.25, 0.3) is 0 Å². The van der Waals surface area contributed by atoms with Crippen LogP contribution in [-0.2, 0) is 17.7 Å². The number of anilines is 1. The van der Waals surface area contributed by atoms with E-state index in [1.807, 2.05) is 0 Å². The number of nitrogens with zero attached hydrogens (tertiary/aromatic N) is 2. The van der Waals surface area contributed by atoms with Crippen molar-refractivity contribution < 1.29 is 14.3 Å². The average Bonchev–Trinajstić information content (AvgIpc) is 3.03. The maximum absolute atomic E-state index is 12.4. The lowest BCUT2D eigenvalue weighted by Crippen LogP contribution is -2.39. The lowest BCUT2D eigenvalue weighted by Gasteiger charge is -2.26. The molecule has 1 aromatic carbocycles. The fraction of sp³-hybridized carbons (Fsp3) is 0.312. The molecule has 2 N–H and O–H groups in total. The summed E-state index contributed by atoms with van der Waals surface area (Å²) in [6.07, 6.45) is 2.38. The molecule has 7 heteroatoms. The summed E-state index contributed by atoms with van der Waals surface area (Å²) in [6, 6.07) is 6.52. The second kappa shape index (κ2) is 6.51. The van der Waals surface area contributed by atoms with Gasteiger partial charge in [-0.05, 0) is 25.1 Å². The van der Waals surface area contributed by atoms with Crippen molar-refractivity contribution in [2.24, 2.45) is 0 Å². The van der Waals surface area contributed by atoms with E-state index in [1.165, 1.54) is 0 Å². The van der Waals surface area contributed by atoms with Crippen LogP contribution in [0.5, 0.6) is 0 Å². The molecule has 0 saturated heterocycles. The fourth-order valence-electron chi connectivity index (χ4n) is 2.53. The van der Waals surface area contributed by atoms with Gasteiger partial charge in [0.25, 0.3) is 0 Å². The number of ether oxygens (including phenoxy) is 1. The summed E-state index contributed by atoms with van der Waals surface area (Å²) in [5.74, 6) is -0.399. The van der Waals surface area contributed by atoms with Gasteiger partial charge in [0.05, 0.1) is 36.4 Å². The maximum atomic E-state index is 12.4. The van der Waals surface area contributed by atoms with Crippen molar-refractivity contribution in [3.8, 4) is 0 Å². The average molecular weight is 314 g/mol. The number of H-pyrrole nitrogens is 1. The van der Waals surface area contributed by atoms with Gasteiger partial charge in [0.1, 0.15) is 0 Å². The SMILES string of the molecule is CCOC(=O)c1cccc(NC(=O)N2CCc3nc[nH]c3C2)c1. The quantitative estimate of drug-likeness (QED) is 0.850. The second-order valence-corrected chi connectivity index (χ2v) is 5.23. The van der Waals surface area contributed by atoms with Gasteiger partial charge in [-0.15, -0.1) is 0 Å². The van der Waals surface area contributed by atoms with Crippen LogP contribution in [0, 0.1) is 0 Å². The number of nitrogens with one attached hydrogen (secondary N) is 2. The minimum Gasteiger partial charge on any atom is -0.462 e. The molecule has 2 heterocycles. The molecule has 0 saturated carbocycles. The van der Waals surface area contributed by atoms with E-state index in [4.69, 9.17) is 4.74 Å². The number of amides is 2. The molecule has 1 aromatic heterocycles. The summed E-state index contributed by atoms with van der Waals surface area (Å²) in [4.78, 5) is 33.1. The Hall–Kier alpha value is -2.83. The summed E-state index contributed by atoms with van der Waals surface area (Å²) in [6.45, 7) is 3.18. The van der Waals surface area contributed by atoms with Gasteiger partial charge in [0.2, 0.25) is 0 Å². The number of benzene rings is 1. The molecule has 3 rings (SSSR count). The molecule has 0 unspecified atom stereocenters. The van der Waals surface area contributed by atoms with Crippen molar-refractivity contribution in [2.75, 3.05) is 18.5 Å². The molecule has 120 valence electrons. The van der Waals surface area contributed by atoms with Crippen molar-refractivity contribution in [1.29, 1.82) is 0 Å². The molecule has 1 aliphatic rings. The van der Waals surface area contributed by atoms with Crippen LogP contribution in [0.2, 0.25) is 0 Å². The topological polar surface area (TPSA) is 87.3 Å². The molecule has 0 fully saturated rings. The van der Waals surface area contributed by atoms with E-state index < -0.39 is 5.97 Å². The van der Waals surface area contributed by atoms with Crippen molar-refractivity contribution in [1.82, 2.24) is 14.9 Å².